The SMILES string of the molecule is CC(=O)Nc1cccc(NC(=O)C(C(=O)OC(C)C)=C2SC=CS2)c1. The summed E-state index contributed by atoms with van der Waals surface area (Å²) in [4.78, 5) is 36.1. The minimum atomic E-state index is -0.663. The average molecular weight is 378 g/mol. The van der Waals surface area contributed by atoms with Gasteiger partial charge >= 0.3 is 5.97 Å². The van der Waals surface area contributed by atoms with Gasteiger partial charge in [0.1, 0.15) is 5.57 Å². The number of anilines is 2. The number of rotatable bonds is 5. The van der Waals surface area contributed by atoms with E-state index in [1.807, 2.05) is 0 Å². The largest absolute Gasteiger partial charge is 0.459 e. The monoisotopic (exact) mass is 378 g/mol. The van der Waals surface area contributed by atoms with Crippen LogP contribution in [-0.4, -0.2) is 23.9 Å². The highest BCUT2D eigenvalue weighted by atomic mass is 32.2. The average Bonchev–Trinajstić information content (AvgIpc) is 3.00. The van der Waals surface area contributed by atoms with Crippen LogP contribution < -0.4 is 10.6 Å². The van der Waals surface area contributed by atoms with E-state index in [1.165, 1.54) is 30.4 Å². The molecule has 0 saturated heterocycles. The van der Waals surface area contributed by atoms with E-state index in [-0.39, 0.29) is 17.6 Å². The van der Waals surface area contributed by atoms with E-state index in [0.29, 0.717) is 15.6 Å². The lowest BCUT2D eigenvalue weighted by atomic mass is 10.2. The molecule has 1 heterocycles. The fraction of sp³-hybridized carbons (Fsp3) is 0.235. The van der Waals surface area contributed by atoms with Gasteiger partial charge in [-0.1, -0.05) is 29.6 Å². The molecule has 0 bridgehead atoms. The lowest BCUT2D eigenvalue weighted by molar-refractivity contribution is -0.143. The van der Waals surface area contributed by atoms with Gasteiger partial charge in [-0.15, -0.1) is 0 Å². The number of benzene rings is 1. The van der Waals surface area contributed by atoms with Gasteiger partial charge in [-0.25, -0.2) is 4.79 Å². The second kappa shape index (κ2) is 8.77. The van der Waals surface area contributed by atoms with Crippen molar-refractivity contribution >= 4 is 52.7 Å². The van der Waals surface area contributed by atoms with E-state index in [9.17, 15) is 14.4 Å². The first-order valence-corrected chi connectivity index (χ1v) is 9.25. The highest BCUT2D eigenvalue weighted by Gasteiger charge is 2.27. The van der Waals surface area contributed by atoms with Crippen molar-refractivity contribution in [2.75, 3.05) is 10.6 Å². The second-order valence-electron chi connectivity index (χ2n) is 5.34. The Morgan fingerprint density at radius 1 is 1.04 bits per heavy atom. The predicted molar refractivity (Wildman–Crippen MR) is 102 cm³/mol. The maximum absolute atomic E-state index is 12.6. The van der Waals surface area contributed by atoms with Crippen LogP contribution in [0.5, 0.6) is 0 Å². The molecule has 0 saturated carbocycles. The van der Waals surface area contributed by atoms with Crippen molar-refractivity contribution in [3.05, 3.63) is 44.9 Å². The molecule has 132 valence electrons. The number of hydrogen-bond acceptors (Lipinski definition) is 6. The van der Waals surface area contributed by atoms with Crippen LogP contribution >= 0.6 is 23.5 Å². The summed E-state index contributed by atoms with van der Waals surface area (Å²) in [5, 5.41) is 8.92. The highest BCUT2D eigenvalue weighted by molar-refractivity contribution is 8.27. The maximum atomic E-state index is 12.6. The first kappa shape index (κ1) is 19.1. The Bertz CT molecular complexity index is 747. The predicted octanol–water partition coefficient (Wildman–Crippen LogP) is 3.70. The van der Waals surface area contributed by atoms with Gasteiger partial charge in [-0.2, -0.15) is 0 Å². The van der Waals surface area contributed by atoms with Gasteiger partial charge in [0.05, 0.1) is 10.3 Å². The zero-order chi connectivity index (χ0) is 18.4. The van der Waals surface area contributed by atoms with Crippen molar-refractivity contribution in [1.82, 2.24) is 0 Å². The van der Waals surface area contributed by atoms with Crippen molar-refractivity contribution < 1.29 is 19.1 Å². The molecule has 1 aromatic carbocycles. The minimum absolute atomic E-state index is 0.0290. The van der Waals surface area contributed by atoms with Crippen molar-refractivity contribution in [2.24, 2.45) is 0 Å². The van der Waals surface area contributed by atoms with Gasteiger partial charge < -0.3 is 15.4 Å². The summed E-state index contributed by atoms with van der Waals surface area (Å²) in [6.07, 6.45) is -0.330. The van der Waals surface area contributed by atoms with Crippen LogP contribution in [0.3, 0.4) is 0 Å². The number of nitrogens with one attached hydrogen (secondary N) is 2. The third-order valence-corrected chi connectivity index (χ3v) is 4.95. The van der Waals surface area contributed by atoms with Crippen LogP contribution in [0.2, 0.25) is 0 Å². The van der Waals surface area contributed by atoms with Gasteiger partial charge in [0.2, 0.25) is 5.91 Å². The van der Waals surface area contributed by atoms with Crippen molar-refractivity contribution in [2.45, 2.75) is 26.9 Å². The molecule has 0 unspecified atom stereocenters. The molecule has 0 aliphatic carbocycles. The Labute approximate surface area is 154 Å². The molecule has 8 heteroatoms. The van der Waals surface area contributed by atoms with Crippen LogP contribution in [0.25, 0.3) is 0 Å². The smallest absolute Gasteiger partial charge is 0.345 e. The molecule has 0 atom stereocenters. The Hall–Kier alpha value is -2.19. The summed E-state index contributed by atoms with van der Waals surface area (Å²) >= 11 is 2.60. The number of thioether (sulfide) groups is 2. The summed E-state index contributed by atoms with van der Waals surface area (Å²) in [6, 6.07) is 6.69. The van der Waals surface area contributed by atoms with Crippen LogP contribution in [0.4, 0.5) is 11.4 Å². The molecule has 1 aromatic rings. The molecule has 6 nitrogen and oxygen atoms in total. The van der Waals surface area contributed by atoms with Gasteiger partial charge in [0, 0.05) is 18.3 Å². The normalized spacial score (nSPS) is 12.9. The second-order valence-corrected chi connectivity index (χ2v) is 7.43. The fourth-order valence-electron chi connectivity index (χ4n) is 1.94. The zero-order valence-corrected chi connectivity index (χ0v) is 15.6. The molecule has 2 N–H and O–H groups in total. The topological polar surface area (TPSA) is 84.5 Å². The molecule has 0 spiro atoms. The van der Waals surface area contributed by atoms with Crippen molar-refractivity contribution in [3.8, 4) is 0 Å². The quantitative estimate of drug-likeness (QED) is 0.352. The van der Waals surface area contributed by atoms with E-state index in [0.717, 1.165) is 0 Å². The highest BCUT2D eigenvalue weighted by Crippen LogP contribution is 2.40. The molecule has 0 fully saturated rings. The van der Waals surface area contributed by atoms with E-state index >= 15 is 0 Å². The van der Waals surface area contributed by atoms with Gasteiger partial charge in [-0.05, 0) is 42.9 Å². The van der Waals surface area contributed by atoms with Crippen LogP contribution in [0.15, 0.2) is 44.9 Å². The number of carbonyl (C=O) groups excluding carboxylic acids is 3. The molecule has 25 heavy (non-hydrogen) atoms. The van der Waals surface area contributed by atoms with Crippen LogP contribution in [0.1, 0.15) is 20.8 Å². The first-order chi connectivity index (χ1) is 11.9. The summed E-state index contributed by atoms with van der Waals surface area (Å²) < 4.78 is 5.76. The lowest BCUT2D eigenvalue weighted by Gasteiger charge is -2.13. The third-order valence-electron chi connectivity index (χ3n) is 2.82. The number of esters is 1. The van der Waals surface area contributed by atoms with Gasteiger partial charge in [0.15, 0.2) is 0 Å². The lowest BCUT2D eigenvalue weighted by Crippen LogP contribution is -2.25. The van der Waals surface area contributed by atoms with E-state index in [2.05, 4.69) is 10.6 Å². The molecule has 1 aliphatic rings. The number of amides is 2. The molecular formula is C17H18N2O4S2. The summed E-state index contributed by atoms with van der Waals surface area (Å²) in [6.45, 7) is 4.85. The van der Waals surface area contributed by atoms with Gasteiger partial charge in [-0.3, -0.25) is 9.59 Å². The Balaban J connectivity index is 2.21. The summed E-state index contributed by atoms with van der Waals surface area (Å²) in [7, 11) is 0. The molecule has 0 aromatic heterocycles. The van der Waals surface area contributed by atoms with Crippen molar-refractivity contribution in [3.63, 3.8) is 0 Å². The molecular weight excluding hydrogens is 360 g/mol. The van der Waals surface area contributed by atoms with E-state index < -0.39 is 11.9 Å². The van der Waals surface area contributed by atoms with E-state index in [1.54, 1.807) is 48.9 Å². The molecule has 0 radical (unpaired) electrons. The van der Waals surface area contributed by atoms with Crippen molar-refractivity contribution in [1.29, 1.82) is 0 Å². The molecule has 1 aliphatic heterocycles. The number of carbonyl (C=O) groups is 3. The molecule has 2 amide bonds. The van der Waals surface area contributed by atoms with Crippen LogP contribution in [0, 0.1) is 0 Å². The minimum Gasteiger partial charge on any atom is -0.459 e. The number of hydrogen-bond donors (Lipinski definition) is 2. The summed E-state index contributed by atoms with van der Waals surface area (Å²) in [5.74, 6) is -1.43. The van der Waals surface area contributed by atoms with E-state index in [4.69, 9.17) is 4.74 Å². The Morgan fingerprint density at radius 2 is 1.64 bits per heavy atom. The summed E-state index contributed by atoms with van der Waals surface area (Å²) in [5.41, 5.74) is 0.988. The van der Waals surface area contributed by atoms with Gasteiger partial charge in [0.25, 0.3) is 5.91 Å². The number of ether oxygens (including phenoxy) is 1. The first-order valence-electron chi connectivity index (χ1n) is 7.49. The standard InChI is InChI=1S/C17H18N2O4S2/c1-10(2)23-16(22)14(17-24-7-8-25-17)15(21)19-13-6-4-5-12(9-13)18-11(3)20/h4-10H,1-3H3,(H,18,20)(H,19,21). The molecule has 2 rings (SSSR count). The Kier molecular flexibility index (Phi) is 6.72. The zero-order valence-electron chi connectivity index (χ0n) is 14.0. The fourth-order valence-corrected chi connectivity index (χ4v) is 3.77. The maximum Gasteiger partial charge on any atom is 0.345 e. The Morgan fingerprint density at radius 3 is 2.20 bits per heavy atom. The third kappa shape index (κ3) is 5.68. The van der Waals surface area contributed by atoms with Crippen LogP contribution in [-0.2, 0) is 19.1 Å².